The van der Waals surface area contributed by atoms with Gasteiger partial charge >= 0.3 is 0 Å². The number of benzene rings is 3. The van der Waals surface area contributed by atoms with Gasteiger partial charge in [-0.2, -0.15) is 0 Å². The fourth-order valence-electron chi connectivity index (χ4n) is 6.70. The Balaban J connectivity index is 1.47. The Hall–Kier alpha value is -6.45. The number of aromatic amines is 1. The van der Waals surface area contributed by atoms with E-state index in [1.54, 1.807) is 6.20 Å². The third-order valence-corrected chi connectivity index (χ3v) is 9.70. The van der Waals surface area contributed by atoms with Gasteiger partial charge in [0.05, 0.1) is 0 Å². The van der Waals surface area contributed by atoms with Crippen molar-refractivity contribution in [3.05, 3.63) is 84.1 Å². The Morgan fingerprint density at radius 3 is 2.18 bits per heavy atom. The molecule has 0 radical (unpaired) electrons. The summed E-state index contributed by atoms with van der Waals surface area (Å²) in [6.07, 6.45) is 3.00. The number of nitrogens with one attached hydrogen (secondary N) is 6. The van der Waals surface area contributed by atoms with E-state index in [4.69, 9.17) is 17.2 Å². The van der Waals surface area contributed by atoms with Gasteiger partial charge in [-0.15, -0.1) is 0 Å². The van der Waals surface area contributed by atoms with Crippen LogP contribution in [0.1, 0.15) is 56.1 Å². The Morgan fingerprint density at radius 2 is 1.39 bits per heavy atom. The van der Waals surface area contributed by atoms with Crippen LogP contribution in [0.4, 0.5) is 0 Å². The molecule has 0 spiro atoms. The number of para-hydroxylation sites is 1. The number of amides is 6. The zero-order chi connectivity index (χ0) is 40.0. The molecule has 56 heavy (non-hydrogen) atoms. The topological polar surface area (TPSA) is 269 Å². The van der Waals surface area contributed by atoms with E-state index in [2.05, 4.69) is 36.6 Å². The minimum Gasteiger partial charge on any atom is -0.370 e. The molecule has 1 aromatic heterocycles. The number of nitrogens with zero attached hydrogens (tertiary/aromatic N) is 1. The molecule has 1 aliphatic heterocycles. The van der Waals surface area contributed by atoms with E-state index in [1.807, 2.05) is 66.7 Å². The average Bonchev–Trinajstić information content (AvgIpc) is 3.58. The molecule has 5 rings (SSSR count). The summed E-state index contributed by atoms with van der Waals surface area (Å²) in [4.78, 5) is 87.8. The summed E-state index contributed by atoms with van der Waals surface area (Å²) in [6, 6.07) is 16.3. The molecule has 16 heteroatoms. The maximum Gasteiger partial charge on any atom is 0.243 e. The smallest absolute Gasteiger partial charge is 0.243 e. The van der Waals surface area contributed by atoms with E-state index in [1.165, 1.54) is 0 Å². The molecule has 296 valence electrons. The SMILES string of the molecule is NC(=O)[C@H]1CCCCNC(=O)CCC(=O)N[C@H](Cc2ccc3ccccc3c2)C(=O)N[C@H](CCCN=C(N)N)C(=O)N[C@H](Cc2c[nH]c3ccccc23)C(=O)N1. The van der Waals surface area contributed by atoms with Crippen LogP contribution in [0.25, 0.3) is 21.7 Å². The fourth-order valence-corrected chi connectivity index (χ4v) is 6.70. The molecule has 4 atom stereocenters. The van der Waals surface area contributed by atoms with Crippen molar-refractivity contribution in [3.8, 4) is 0 Å². The molecular weight excluding hydrogens is 717 g/mol. The third kappa shape index (κ3) is 11.8. The van der Waals surface area contributed by atoms with Crippen LogP contribution in [0.5, 0.6) is 0 Å². The lowest BCUT2D eigenvalue weighted by Crippen LogP contribution is -2.58. The molecule has 1 fully saturated rings. The van der Waals surface area contributed by atoms with Crippen molar-refractivity contribution in [1.82, 2.24) is 31.6 Å². The Bertz CT molecular complexity index is 2080. The molecule has 0 saturated carbocycles. The highest BCUT2D eigenvalue weighted by atomic mass is 16.2. The van der Waals surface area contributed by atoms with Crippen LogP contribution in [-0.4, -0.2) is 83.6 Å². The number of fused-ring (bicyclic) bond motifs is 2. The van der Waals surface area contributed by atoms with Crippen molar-refractivity contribution < 1.29 is 28.8 Å². The Kier molecular flexibility index (Phi) is 14.4. The van der Waals surface area contributed by atoms with Gasteiger partial charge in [-0.3, -0.25) is 33.8 Å². The van der Waals surface area contributed by atoms with Gasteiger partial charge in [-0.1, -0.05) is 60.7 Å². The molecule has 2 heterocycles. The van der Waals surface area contributed by atoms with Gasteiger partial charge in [-0.05, 0) is 60.1 Å². The number of H-pyrrole nitrogens is 1. The van der Waals surface area contributed by atoms with Crippen LogP contribution in [0.2, 0.25) is 0 Å². The van der Waals surface area contributed by atoms with Crippen molar-refractivity contribution in [2.24, 2.45) is 22.2 Å². The molecule has 3 aromatic carbocycles. The summed E-state index contributed by atoms with van der Waals surface area (Å²) in [6.45, 7) is 0.428. The molecule has 6 amide bonds. The normalized spacial score (nSPS) is 20.9. The van der Waals surface area contributed by atoms with Gasteiger partial charge < -0.3 is 48.8 Å². The van der Waals surface area contributed by atoms with E-state index in [0.717, 1.165) is 32.8 Å². The molecule has 1 aliphatic rings. The van der Waals surface area contributed by atoms with Crippen molar-refractivity contribution in [2.75, 3.05) is 13.1 Å². The monoisotopic (exact) mass is 766 g/mol. The van der Waals surface area contributed by atoms with Crippen LogP contribution in [-0.2, 0) is 41.6 Å². The van der Waals surface area contributed by atoms with E-state index in [9.17, 15) is 28.8 Å². The summed E-state index contributed by atoms with van der Waals surface area (Å²) in [7, 11) is 0. The van der Waals surface area contributed by atoms with Crippen LogP contribution in [0.15, 0.2) is 77.9 Å². The van der Waals surface area contributed by atoms with Crippen molar-refractivity contribution in [2.45, 2.75) is 82.0 Å². The zero-order valence-corrected chi connectivity index (χ0v) is 31.1. The predicted molar refractivity (Wildman–Crippen MR) is 213 cm³/mol. The third-order valence-electron chi connectivity index (χ3n) is 9.70. The van der Waals surface area contributed by atoms with Gasteiger partial charge in [-0.25, -0.2) is 0 Å². The van der Waals surface area contributed by atoms with Crippen molar-refractivity contribution >= 4 is 63.1 Å². The first-order valence-corrected chi connectivity index (χ1v) is 18.8. The summed E-state index contributed by atoms with van der Waals surface area (Å²) in [5.74, 6) is -3.76. The lowest BCUT2D eigenvalue weighted by Gasteiger charge is -2.26. The first-order valence-electron chi connectivity index (χ1n) is 18.8. The van der Waals surface area contributed by atoms with Crippen LogP contribution in [0.3, 0.4) is 0 Å². The number of carbonyl (C=O) groups is 6. The number of carbonyl (C=O) groups excluding carboxylic acids is 6. The molecular formula is C40H50N10O6. The number of rotatable bonds is 9. The van der Waals surface area contributed by atoms with E-state index in [-0.39, 0.29) is 69.9 Å². The molecule has 16 nitrogen and oxygen atoms in total. The first-order chi connectivity index (χ1) is 27.0. The highest BCUT2D eigenvalue weighted by molar-refractivity contribution is 5.96. The highest BCUT2D eigenvalue weighted by Crippen LogP contribution is 2.20. The Morgan fingerprint density at radius 1 is 0.714 bits per heavy atom. The summed E-state index contributed by atoms with van der Waals surface area (Å²) in [5, 5.41) is 16.6. The minimum absolute atomic E-state index is 0.0361. The molecule has 0 bridgehead atoms. The summed E-state index contributed by atoms with van der Waals surface area (Å²) >= 11 is 0. The lowest BCUT2D eigenvalue weighted by atomic mass is 10.00. The molecule has 0 unspecified atom stereocenters. The maximum absolute atomic E-state index is 14.2. The number of aromatic nitrogens is 1. The number of hydrogen-bond acceptors (Lipinski definition) is 7. The van der Waals surface area contributed by atoms with Gasteiger partial charge in [0.15, 0.2) is 5.96 Å². The van der Waals surface area contributed by atoms with E-state index < -0.39 is 53.7 Å². The number of aliphatic imine (C=N–C) groups is 1. The summed E-state index contributed by atoms with van der Waals surface area (Å²) < 4.78 is 0. The van der Waals surface area contributed by atoms with Gasteiger partial charge in [0.2, 0.25) is 35.4 Å². The van der Waals surface area contributed by atoms with Crippen molar-refractivity contribution in [3.63, 3.8) is 0 Å². The largest absolute Gasteiger partial charge is 0.370 e. The van der Waals surface area contributed by atoms with E-state index >= 15 is 0 Å². The second-order valence-electron chi connectivity index (χ2n) is 13.9. The van der Waals surface area contributed by atoms with Gasteiger partial charge in [0, 0.05) is 55.9 Å². The molecule has 12 N–H and O–H groups in total. The molecule has 1 saturated heterocycles. The second-order valence-corrected chi connectivity index (χ2v) is 13.9. The van der Waals surface area contributed by atoms with E-state index in [0.29, 0.717) is 12.8 Å². The predicted octanol–water partition coefficient (Wildman–Crippen LogP) is 0.665. The molecule has 0 aliphatic carbocycles. The number of nitrogens with two attached hydrogens (primary N) is 3. The maximum atomic E-state index is 14.2. The second kappa shape index (κ2) is 19.8. The van der Waals surface area contributed by atoms with Crippen LogP contribution >= 0.6 is 0 Å². The number of primary amides is 1. The first kappa shape index (κ1) is 40.7. The zero-order valence-electron chi connectivity index (χ0n) is 31.1. The summed E-state index contributed by atoms with van der Waals surface area (Å²) in [5.41, 5.74) is 19.0. The van der Waals surface area contributed by atoms with Crippen LogP contribution < -0.4 is 43.8 Å². The van der Waals surface area contributed by atoms with Gasteiger partial charge in [0.1, 0.15) is 24.2 Å². The fraction of sp³-hybridized carbons (Fsp3) is 0.375. The number of guanidine groups is 1. The standard InChI is InChI=1S/C40H50N10O6/c41-36(53)30-12-5-6-18-44-34(51)16-17-35(52)47-32(21-24-14-15-25-8-1-2-9-26(25)20-24)38(55)49-31(13-7-19-45-40(42)43)37(54)50-33(39(56)48-30)22-27-23-46-29-11-4-3-10-28(27)29/h1-4,8-11,14-15,20,23,30-33,46H,5-7,12-13,16-19,21-22H2,(H2,41,53)(H,44,51)(H,47,52)(H,48,56)(H,49,55)(H,50,54)(H4,42,43,45)/t30-,31-,32-,33-/m1/s1. The lowest BCUT2D eigenvalue weighted by molar-refractivity contribution is -0.134. The molecule has 4 aromatic rings. The average molecular weight is 767 g/mol. The quantitative estimate of drug-likeness (QED) is 0.0662. The Labute approximate surface area is 324 Å². The van der Waals surface area contributed by atoms with Crippen molar-refractivity contribution in [1.29, 1.82) is 0 Å². The van der Waals surface area contributed by atoms with Gasteiger partial charge in [0.25, 0.3) is 0 Å². The van der Waals surface area contributed by atoms with Crippen LogP contribution in [0, 0.1) is 0 Å². The number of hydrogen-bond donors (Lipinski definition) is 9. The highest BCUT2D eigenvalue weighted by Gasteiger charge is 2.32. The minimum atomic E-state index is -1.20.